The average molecular weight is 195 g/mol. The third kappa shape index (κ3) is 2.97. The minimum absolute atomic E-state index is 0.172. The molecule has 0 atom stereocenters. The zero-order chi connectivity index (χ0) is 10.4. The van der Waals surface area contributed by atoms with Crippen molar-refractivity contribution in [1.29, 1.82) is 0 Å². The van der Waals surface area contributed by atoms with Crippen LogP contribution in [-0.2, 0) is 13.6 Å². The van der Waals surface area contributed by atoms with Gasteiger partial charge in [0.1, 0.15) is 0 Å². The van der Waals surface area contributed by atoms with E-state index >= 15 is 0 Å². The molecule has 0 aromatic carbocycles. The molecule has 0 amide bonds. The van der Waals surface area contributed by atoms with Gasteiger partial charge in [-0.05, 0) is 0 Å². The quantitative estimate of drug-likeness (QED) is 0.668. The summed E-state index contributed by atoms with van der Waals surface area (Å²) >= 11 is 0. The van der Waals surface area contributed by atoms with Gasteiger partial charge in [-0.15, -0.1) is 6.58 Å². The SMILES string of the molecule is C=CCN(CCO)Cc1cncn1C. The van der Waals surface area contributed by atoms with Gasteiger partial charge in [0.25, 0.3) is 0 Å². The molecule has 1 rings (SSSR count). The Morgan fingerprint density at radius 3 is 3.00 bits per heavy atom. The monoisotopic (exact) mass is 195 g/mol. The first-order chi connectivity index (χ1) is 6.77. The van der Waals surface area contributed by atoms with Crippen molar-refractivity contribution in [2.24, 2.45) is 7.05 Å². The van der Waals surface area contributed by atoms with Gasteiger partial charge in [0.05, 0.1) is 18.6 Å². The molecule has 1 aromatic rings. The number of aliphatic hydroxyl groups excluding tert-OH is 1. The van der Waals surface area contributed by atoms with Gasteiger partial charge < -0.3 is 9.67 Å². The van der Waals surface area contributed by atoms with Crippen molar-refractivity contribution in [2.45, 2.75) is 6.54 Å². The van der Waals surface area contributed by atoms with E-state index in [2.05, 4.69) is 16.5 Å². The van der Waals surface area contributed by atoms with Crippen LogP contribution in [0.1, 0.15) is 5.69 Å². The van der Waals surface area contributed by atoms with Crippen LogP contribution >= 0.6 is 0 Å². The second-order valence-corrected chi connectivity index (χ2v) is 3.24. The van der Waals surface area contributed by atoms with Crippen molar-refractivity contribution in [3.05, 3.63) is 30.9 Å². The number of nitrogens with zero attached hydrogens (tertiary/aromatic N) is 3. The first-order valence-corrected chi connectivity index (χ1v) is 4.67. The number of imidazole rings is 1. The molecule has 14 heavy (non-hydrogen) atoms. The first kappa shape index (κ1) is 10.9. The normalized spacial score (nSPS) is 10.8. The van der Waals surface area contributed by atoms with Gasteiger partial charge in [-0.2, -0.15) is 0 Å². The average Bonchev–Trinajstić information content (AvgIpc) is 2.53. The number of hydrogen-bond donors (Lipinski definition) is 1. The number of aliphatic hydroxyl groups is 1. The second kappa shape index (κ2) is 5.57. The molecule has 0 saturated heterocycles. The van der Waals surface area contributed by atoms with E-state index in [0.717, 1.165) is 18.8 Å². The van der Waals surface area contributed by atoms with E-state index in [1.807, 2.05) is 23.9 Å². The molecule has 1 heterocycles. The van der Waals surface area contributed by atoms with Crippen molar-refractivity contribution in [2.75, 3.05) is 19.7 Å². The zero-order valence-electron chi connectivity index (χ0n) is 8.56. The fourth-order valence-electron chi connectivity index (χ4n) is 1.32. The Kier molecular flexibility index (Phi) is 4.35. The molecular formula is C10H17N3O. The molecule has 0 radical (unpaired) electrons. The summed E-state index contributed by atoms with van der Waals surface area (Å²) in [4.78, 5) is 6.16. The Balaban J connectivity index is 2.54. The van der Waals surface area contributed by atoms with Crippen molar-refractivity contribution < 1.29 is 5.11 Å². The maximum Gasteiger partial charge on any atom is 0.0945 e. The van der Waals surface area contributed by atoms with Crippen LogP contribution in [0.5, 0.6) is 0 Å². The Morgan fingerprint density at radius 2 is 2.50 bits per heavy atom. The molecule has 78 valence electrons. The lowest BCUT2D eigenvalue weighted by Gasteiger charge is -2.19. The molecular weight excluding hydrogens is 178 g/mol. The van der Waals surface area contributed by atoms with Crippen LogP contribution in [-0.4, -0.2) is 39.3 Å². The number of rotatable bonds is 6. The van der Waals surface area contributed by atoms with Crippen molar-refractivity contribution in [3.63, 3.8) is 0 Å². The van der Waals surface area contributed by atoms with E-state index in [4.69, 9.17) is 5.11 Å². The molecule has 0 unspecified atom stereocenters. The molecule has 0 saturated carbocycles. The summed E-state index contributed by atoms with van der Waals surface area (Å²) in [6.07, 6.45) is 5.46. The fraction of sp³-hybridized carbons (Fsp3) is 0.500. The van der Waals surface area contributed by atoms with Gasteiger partial charge in [0.2, 0.25) is 0 Å². The van der Waals surface area contributed by atoms with Gasteiger partial charge in [0, 0.05) is 32.9 Å². The predicted molar refractivity (Wildman–Crippen MR) is 55.8 cm³/mol. The molecule has 0 bridgehead atoms. The zero-order valence-corrected chi connectivity index (χ0v) is 8.56. The van der Waals surface area contributed by atoms with Crippen molar-refractivity contribution in [3.8, 4) is 0 Å². The Hall–Kier alpha value is -1.13. The summed E-state index contributed by atoms with van der Waals surface area (Å²) in [7, 11) is 1.97. The Morgan fingerprint density at radius 1 is 1.71 bits per heavy atom. The minimum atomic E-state index is 0.172. The van der Waals surface area contributed by atoms with Crippen LogP contribution in [0.2, 0.25) is 0 Å². The molecule has 1 aromatic heterocycles. The molecule has 4 nitrogen and oxygen atoms in total. The maximum atomic E-state index is 8.86. The molecule has 0 spiro atoms. The highest BCUT2D eigenvalue weighted by molar-refractivity contribution is 4.97. The third-order valence-corrected chi connectivity index (χ3v) is 2.11. The minimum Gasteiger partial charge on any atom is -0.395 e. The van der Waals surface area contributed by atoms with E-state index in [9.17, 15) is 0 Å². The highest BCUT2D eigenvalue weighted by atomic mass is 16.3. The summed E-state index contributed by atoms with van der Waals surface area (Å²) in [5, 5.41) is 8.86. The summed E-state index contributed by atoms with van der Waals surface area (Å²) in [5.74, 6) is 0. The molecule has 0 aliphatic carbocycles. The summed E-state index contributed by atoms with van der Waals surface area (Å²) in [6.45, 7) is 6.10. The summed E-state index contributed by atoms with van der Waals surface area (Å²) < 4.78 is 1.98. The lowest BCUT2D eigenvalue weighted by molar-refractivity contribution is 0.201. The van der Waals surface area contributed by atoms with E-state index in [1.54, 1.807) is 6.33 Å². The van der Waals surface area contributed by atoms with Crippen LogP contribution in [0, 0.1) is 0 Å². The van der Waals surface area contributed by atoms with Crippen molar-refractivity contribution >= 4 is 0 Å². The van der Waals surface area contributed by atoms with E-state index in [0.29, 0.717) is 6.54 Å². The molecule has 4 heteroatoms. The smallest absolute Gasteiger partial charge is 0.0945 e. The number of aryl methyl sites for hydroxylation is 1. The molecule has 0 aliphatic rings. The van der Waals surface area contributed by atoms with E-state index in [1.165, 1.54) is 0 Å². The third-order valence-electron chi connectivity index (χ3n) is 2.11. The van der Waals surface area contributed by atoms with Gasteiger partial charge in [0.15, 0.2) is 0 Å². The van der Waals surface area contributed by atoms with Crippen LogP contribution in [0.4, 0.5) is 0 Å². The lowest BCUT2D eigenvalue weighted by atomic mass is 10.4. The predicted octanol–water partition coefficient (Wildman–Crippen LogP) is 0.400. The highest BCUT2D eigenvalue weighted by Gasteiger charge is 2.05. The maximum absolute atomic E-state index is 8.86. The van der Waals surface area contributed by atoms with Crippen molar-refractivity contribution in [1.82, 2.24) is 14.5 Å². The summed E-state index contributed by atoms with van der Waals surface area (Å²) in [5.41, 5.74) is 1.14. The topological polar surface area (TPSA) is 41.3 Å². The van der Waals surface area contributed by atoms with Crippen LogP contribution in [0.25, 0.3) is 0 Å². The van der Waals surface area contributed by atoms with Crippen LogP contribution < -0.4 is 0 Å². The molecule has 0 aliphatic heterocycles. The molecule has 0 fully saturated rings. The van der Waals surface area contributed by atoms with Gasteiger partial charge >= 0.3 is 0 Å². The molecule has 1 N–H and O–H groups in total. The number of aromatic nitrogens is 2. The van der Waals surface area contributed by atoms with Gasteiger partial charge in [-0.25, -0.2) is 4.98 Å². The van der Waals surface area contributed by atoms with Gasteiger partial charge in [-0.1, -0.05) is 6.08 Å². The van der Waals surface area contributed by atoms with E-state index < -0.39 is 0 Å². The highest BCUT2D eigenvalue weighted by Crippen LogP contribution is 2.02. The second-order valence-electron chi connectivity index (χ2n) is 3.24. The standard InChI is InChI=1S/C10H17N3O/c1-3-4-13(5-6-14)8-10-7-11-9-12(10)2/h3,7,9,14H,1,4-6,8H2,2H3. The number of hydrogen-bond acceptors (Lipinski definition) is 3. The van der Waals surface area contributed by atoms with Gasteiger partial charge in [-0.3, -0.25) is 4.90 Å². The van der Waals surface area contributed by atoms with Crippen LogP contribution in [0.3, 0.4) is 0 Å². The fourth-order valence-corrected chi connectivity index (χ4v) is 1.32. The Labute approximate surface area is 84.5 Å². The first-order valence-electron chi connectivity index (χ1n) is 4.67. The summed E-state index contributed by atoms with van der Waals surface area (Å²) in [6, 6.07) is 0. The largest absolute Gasteiger partial charge is 0.395 e. The lowest BCUT2D eigenvalue weighted by Crippen LogP contribution is -2.27. The Bertz CT molecular complexity index is 283. The van der Waals surface area contributed by atoms with Crippen LogP contribution in [0.15, 0.2) is 25.2 Å². The van der Waals surface area contributed by atoms with E-state index in [-0.39, 0.29) is 6.61 Å².